The summed E-state index contributed by atoms with van der Waals surface area (Å²) in [6, 6.07) is 6.04. The molecule has 0 heterocycles. The van der Waals surface area contributed by atoms with Crippen molar-refractivity contribution in [1.29, 1.82) is 5.26 Å². The van der Waals surface area contributed by atoms with Crippen molar-refractivity contribution in [3.8, 4) is 17.6 Å². The maximum atomic E-state index is 10.0. The van der Waals surface area contributed by atoms with E-state index in [1.54, 1.807) is 6.07 Å². The second-order valence-corrected chi connectivity index (χ2v) is 6.55. The minimum absolute atomic E-state index is 0.0199. The van der Waals surface area contributed by atoms with Crippen molar-refractivity contribution in [1.82, 2.24) is 0 Å². The van der Waals surface area contributed by atoms with E-state index in [1.807, 2.05) is 0 Å². The summed E-state index contributed by atoms with van der Waals surface area (Å²) in [4.78, 5) is 0.581. The summed E-state index contributed by atoms with van der Waals surface area (Å²) in [5.41, 5.74) is -0.0199. The van der Waals surface area contributed by atoms with E-state index in [4.69, 9.17) is 51.7 Å². The molecule has 21 heavy (non-hydrogen) atoms. The first-order valence-electron chi connectivity index (χ1n) is 5.32. The first kappa shape index (κ1) is 16.4. The number of rotatable bonds is 2. The van der Waals surface area contributed by atoms with Crippen LogP contribution in [0.15, 0.2) is 28.0 Å². The molecule has 0 unspecified atom stereocenters. The molecule has 0 saturated carbocycles. The third kappa shape index (κ3) is 3.28. The van der Waals surface area contributed by atoms with Crippen molar-refractivity contribution in [2.24, 2.45) is 0 Å². The fraction of sp³-hybridized carbons (Fsp3) is 0. The van der Waals surface area contributed by atoms with Gasteiger partial charge in [-0.1, -0.05) is 58.2 Å². The zero-order valence-electron chi connectivity index (χ0n) is 9.99. The van der Waals surface area contributed by atoms with Crippen LogP contribution < -0.4 is 0 Å². The van der Waals surface area contributed by atoms with E-state index in [0.717, 1.165) is 11.8 Å². The Hall–Kier alpha value is -0.960. The third-order valence-electron chi connectivity index (χ3n) is 2.48. The predicted octanol–water partition coefficient (Wildman–Crippen LogP) is 5.73. The van der Waals surface area contributed by atoms with E-state index >= 15 is 0 Å². The molecule has 0 aliphatic heterocycles. The molecule has 0 aromatic heterocycles. The van der Waals surface area contributed by atoms with E-state index < -0.39 is 0 Å². The maximum absolute atomic E-state index is 10.0. The Balaban J connectivity index is 2.54. The zero-order chi connectivity index (χ0) is 15.7. The number of aromatic hydroxyl groups is 2. The third-order valence-corrected chi connectivity index (χ3v) is 4.72. The van der Waals surface area contributed by atoms with Crippen molar-refractivity contribution in [2.75, 3.05) is 0 Å². The van der Waals surface area contributed by atoms with Gasteiger partial charge >= 0.3 is 0 Å². The smallest absolute Gasteiger partial charge is 0.149 e. The highest BCUT2D eigenvalue weighted by Crippen LogP contribution is 2.47. The van der Waals surface area contributed by atoms with Crippen LogP contribution in [0.25, 0.3) is 0 Å². The topological polar surface area (TPSA) is 64.2 Å². The number of hydrogen-bond acceptors (Lipinski definition) is 4. The van der Waals surface area contributed by atoms with Crippen molar-refractivity contribution < 1.29 is 10.2 Å². The van der Waals surface area contributed by atoms with Gasteiger partial charge < -0.3 is 10.2 Å². The van der Waals surface area contributed by atoms with Crippen molar-refractivity contribution in [3.05, 3.63) is 43.9 Å². The van der Waals surface area contributed by atoms with Crippen molar-refractivity contribution >= 4 is 58.2 Å². The van der Waals surface area contributed by atoms with Crippen LogP contribution in [0.2, 0.25) is 20.1 Å². The van der Waals surface area contributed by atoms with Gasteiger partial charge in [0.25, 0.3) is 0 Å². The number of benzene rings is 2. The van der Waals surface area contributed by atoms with E-state index in [2.05, 4.69) is 0 Å². The largest absolute Gasteiger partial charge is 0.505 e. The normalized spacial score (nSPS) is 10.4. The summed E-state index contributed by atoms with van der Waals surface area (Å²) >= 11 is 24.5. The fourth-order valence-corrected chi connectivity index (χ4v) is 3.79. The average Bonchev–Trinajstić information content (AvgIpc) is 2.41. The number of hydrogen-bond donors (Lipinski definition) is 2. The van der Waals surface area contributed by atoms with Crippen molar-refractivity contribution in [2.45, 2.75) is 9.79 Å². The summed E-state index contributed by atoms with van der Waals surface area (Å²) in [7, 11) is 0. The minimum atomic E-state index is -0.307. The lowest BCUT2D eigenvalue weighted by Crippen LogP contribution is -1.85. The van der Waals surface area contributed by atoms with Gasteiger partial charge in [-0.3, -0.25) is 0 Å². The molecule has 8 heteroatoms. The molecule has 2 rings (SSSR count). The molecular formula is C13H5Cl4NO2S. The summed E-state index contributed by atoms with van der Waals surface area (Å²) in [6.07, 6.45) is 0. The molecule has 3 nitrogen and oxygen atoms in total. The molecule has 2 aromatic rings. The minimum Gasteiger partial charge on any atom is -0.505 e. The second-order valence-electron chi connectivity index (χ2n) is 3.84. The van der Waals surface area contributed by atoms with E-state index in [9.17, 15) is 10.2 Å². The van der Waals surface area contributed by atoms with Crippen molar-refractivity contribution in [3.63, 3.8) is 0 Å². The van der Waals surface area contributed by atoms with Crippen LogP contribution in [-0.4, -0.2) is 10.2 Å². The number of nitriles is 1. The first-order valence-corrected chi connectivity index (χ1v) is 7.65. The highest BCUT2D eigenvalue weighted by Gasteiger charge is 2.18. The van der Waals surface area contributed by atoms with E-state index in [0.29, 0.717) is 9.92 Å². The van der Waals surface area contributed by atoms with Gasteiger partial charge in [0.15, 0.2) is 0 Å². The molecule has 2 aromatic carbocycles. The molecule has 0 amide bonds. The Morgan fingerprint density at radius 2 is 1.52 bits per heavy atom. The lowest BCUT2D eigenvalue weighted by Gasteiger charge is -2.11. The van der Waals surface area contributed by atoms with Gasteiger partial charge in [-0.25, -0.2) is 0 Å². The summed E-state index contributed by atoms with van der Waals surface area (Å²) in [5.74, 6) is -0.486. The molecular weight excluding hydrogens is 376 g/mol. The van der Waals surface area contributed by atoms with E-state index in [-0.39, 0.29) is 37.0 Å². The molecule has 0 saturated heterocycles. The molecule has 0 bridgehead atoms. The van der Waals surface area contributed by atoms with E-state index in [1.165, 1.54) is 18.2 Å². The monoisotopic (exact) mass is 379 g/mol. The first-order chi connectivity index (χ1) is 9.85. The highest BCUT2D eigenvalue weighted by atomic mass is 35.5. The standard InChI is InChI=1S/C13H5Cl4NO2S/c14-5-1-8(16)12(19)9(2-5)21-10-3-7(15)6(4-18)11(17)13(10)20/h1-3,19-20H. The zero-order valence-corrected chi connectivity index (χ0v) is 13.8. The Bertz CT molecular complexity index is 774. The molecule has 0 radical (unpaired) electrons. The Morgan fingerprint density at radius 3 is 2.14 bits per heavy atom. The molecule has 2 N–H and O–H groups in total. The predicted molar refractivity (Wildman–Crippen MR) is 85.1 cm³/mol. The van der Waals surface area contributed by atoms with Crippen LogP contribution in [-0.2, 0) is 0 Å². The summed E-state index contributed by atoms with van der Waals surface area (Å²) in [6.45, 7) is 0. The van der Waals surface area contributed by atoms with Crippen LogP contribution >= 0.6 is 58.2 Å². The van der Waals surface area contributed by atoms with Gasteiger partial charge in [0.2, 0.25) is 0 Å². The van der Waals surface area contributed by atoms with Gasteiger partial charge in [-0.15, -0.1) is 0 Å². The molecule has 0 aliphatic carbocycles. The van der Waals surface area contributed by atoms with Gasteiger partial charge in [0.1, 0.15) is 22.6 Å². The quantitative estimate of drug-likeness (QED) is 0.697. The molecule has 0 fully saturated rings. The molecule has 0 spiro atoms. The number of phenols is 2. The number of phenolic OH excluding ortho intramolecular Hbond substituents is 2. The lowest BCUT2D eigenvalue weighted by atomic mass is 10.2. The van der Waals surface area contributed by atoms with Crippen LogP contribution in [0.5, 0.6) is 11.5 Å². The van der Waals surface area contributed by atoms with Crippen LogP contribution in [0.4, 0.5) is 0 Å². The Labute approximate surface area is 144 Å². The van der Waals surface area contributed by atoms with Crippen LogP contribution in [0, 0.1) is 11.3 Å². The van der Waals surface area contributed by atoms with Gasteiger partial charge in [0.05, 0.1) is 25.4 Å². The molecule has 0 aliphatic rings. The van der Waals surface area contributed by atoms with Crippen LogP contribution in [0.1, 0.15) is 5.56 Å². The molecule has 108 valence electrons. The maximum Gasteiger partial charge on any atom is 0.149 e. The number of halogens is 4. The Morgan fingerprint density at radius 1 is 0.905 bits per heavy atom. The fourth-order valence-electron chi connectivity index (χ4n) is 1.51. The number of nitrogens with zero attached hydrogens (tertiary/aromatic N) is 1. The average molecular weight is 381 g/mol. The highest BCUT2D eigenvalue weighted by molar-refractivity contribution is 7.99. The van der Waals surface area contributed by atoms with Gasteiger partial charge in [0, 0.05) is 5.02 Å². The lowest BCUT2D eigenvalue weighted by molar-refractivity contribution is 0.460. The Kier molecular flexibility index (Phi) is 5.03. The van der Waals surface area contributed by atoms with Gasteiger partial charge in [-0.05, 0) is 18.2 Å². The van der Waals surface area contributed by atoms with Gasteiger partial charge in [-0.2, -0.15) is 5.26 Å². The SMILES string of the molecule is N#Cc1c(Cl)cc(Sc2cc(Cl)cc(Cl)c2O)c(O)c1Cl. The van der Waals surface area contributed by atoms with Crippen LogP contribution in [0.3, 0.4) is 0 Å². The summed E-state index contributed by atoms with van der Waals surface area (Å²) < 4.78 is 0. The molecule has 0 atom stereocenters. The summed E-state index contributed by atoms with van der Waals surface area (Å²) in [5, 5.41) is 29.2. The second kappa shape index (κ2) is 6.43.